The first-order valence-electron chi connectivity index (χ1n) is 6.66. The molecule has 21 heavy (non-hydrogen) atoms. The Balaban J connectivity index is 1.68. The molecule has 3 rings (SSSR count). The van der Waals surface area contributed by atoms with Crippen LogP contribution < -0.4 is 5.43 Å². The van der Waals surface area contributed by atoms with Crippen molar-refractivity contribution in [2.75, 3.05) is 5.43 Å². The van der Waals surface area contributed by atoms with Crippen LogP contribution in [-0.4, -0.2) is 31.6 Å². The van der Waals surface area contributed by atoms with Gasteiger partial charge in [-0.25, -0.2) is 10.5 Å². The minimum atomic E-state index is 0.448. The summed E-state index contributed by atoms with van der Waals surface area (Å²) in [5, 5.41) is 13.4. The number of hydrogen-bond donors (Lipinski definition) is 3. The lowest BCUT2D eigenvalue weighted by atomic mass is 10.2. The molecule has 0 bridgehead atoms. The van der Waals surface area contributed by atoms with Gasteiger partial charge in [-0.3, -0.25) is 0 Å². The smallest absolute Gasteiger partial charge is 0.240 e. The van der Waals surface area contributed by atoms with Crippen molar-refractivity contribution >= 4 is 34.8 Å². The van der Waals surface area contributed by atoms with Crippen molar-refractivity contribution in [2.24, 2.45) is 5.10 Å². The summed E-state index contributed by atoms with van der Waals surface area (Å²) in [6, 6.07) is 8.10. The number of hydrazone groups is 1. The van der Waals surface area contributed by atoms with Crippen LogP contribution >= 0.6 is 11.8 Å². The molecule has 108 valence electrons. The minimum Gasteiger partial charge on any atom is -0.361 e. The maximum atomic E-state index is 4.30. The third-order valence-electron chi connectivity index (χ3n) is 2.80. The molecule has 0 saturated heterocycles. The van der Waals surface area contributed by atoms with Crippen LogP contribution in [0.3, 0.4) is 0 Å². The number of aromatic nitrogens is 4. The summed E-state index contributed by atoms with van der Waals surface area (Å²) in [5.74, 6) is 0.536. The van der Waals surface area contributed by atoms with Gasteiger partial charge in [0.2, 0.25) is 11.1 Å². The lowest BCUT2D eigenvalue weighted by Crippen LogP contribution is -1.92. The van der Waals surface area contributed by atoms with E-state index < -0.39 is 0 Å². The molecule has 6 nitrogen and oxygen atoms in total. The average molecular weight is 300 g/mol. The molecule has 0 amide bonds. The van der Waals surface area contributed by atoms with E-state index in [0.717, 1.165) is 21.6 Å². The molecule has 0 saturated carbocycles. The van der Waals surface area contributed by atoms with Crippen LogP contribution in [0.4, 0.5) is 5.95 Å². The summed E-state index contributed by atoms with van der Waals surface area (Å²) in [5.41, 5.74) is 4.97. The van der Waals surface area contributed by atoms with Gasteiger partial charge in [0.15, 0.2) is 0 Å². The molecule has 0 fully saturated rings. The van der Waals surface area contributed by atoms with Crippen LogP contribution in [0, 0.1) is 0 Å². The number of thioether (sulfide) groups is 1. The van der Waals surface area contributed by atoms with Gasteiger partial charge >= 0.3 is 0 Å². The summed E-state index contributed by atoms with van der Waals surface area (Å²) >= 11 is 1.60. The highest BCUT2D eigenvalue weighted by Crippen LogP contribution is 2.19. The van der Waals surface area contributed by atoms with Crippen molar-refractivity contribution in [3.8, 4) is 0 Å². The fourth-order valence-corrected chi connectivity index (χ4v) is 2.59. The van der Waals surface area contributed by atoms with Gasteiger partial charge in [-0.2, -0.15) is 10.1 Å². The van der Waals surface area contributed by atoms with E-state index in [9.17, 15) is 0 Å². The molecule has 3 aromatic rings. The highest BCUT2D eigenvalue weighted by atomic mass is 32.2. The molecule has 2 aromatic heterocycles. The molecule has 0 aliphatic heterocycles. The van der Waals surface area contributed by atoms with Gasteiger partial charge in [-0.05, 0) is 6.07 Å². The molecule has 0 aliphatic rings. The zero-order valence-electron chi connectivity index (χ0n) is 11.8. The topological polar surface area (TPSA) is 81.8 Å². The Labute approximate surface area is 126 Å². The lowest BCUT2D eigenvalue weighted by Gasteiger charge is -1.96. The van der Waals surface area contributed by atoms with E-state index in [0.29, 0.717) is 11.2 Å². The number of anilines is 1. The summed E-state index contributed by atoms with van der Waals surface area (Å²) in [4.78, 5) is 7.50. The van der Waals surface area contributed by atoms with Gasteiger partial charge in [0.05, 0.1) is 6.21 Å². The van der Waals surface area contributed by atoms with E-state index in [-0.39, 0.29) is 0 Å². The van der Waals surface area contributed by atoms with Crippen LogP contribution in [0.25, 0.3) is 10.9 Å². The molecule has 0 unspecified atom stereocenters. The quantitative estimate of drug-likeness (QED) is 0.384. The molecule has 1 aromatic carbocycles. The first kappa shape index (κ1) is 13.7. The molecule has 0 radical (unpaired) electrons. The molecule has 0 spiro atoms. The number of rotatable bonds is 5. The Bertz CT molecular complexity index is 758. The van der Waals surface area contributed by atoms with Crippen molar-refractivity contribution in [3.05, 3.63) is 36.0 Å². The number of benzene rings is 1. The summed E-state index contributed by atoms with van der Waals surface area (Å²) in [7, 11) is 0. The van der Waals surface area contributed by atoms with Crippen LogP contribution in [0.2, 0.25) is 0 Å². The summed E-state index contributed by atoms with van der Waals surface area (Å²) in [6.45, 7) is 4.20. The van der Waals surface area contributed by atoms with Crippen LogP contribution in [0.5, 0.6) is 0 Å². The normalized spacial score (nSPS) is 11.8. The monoisotopic (exact) mass is 300 g/mol. The molecule has 7 heteroatoms. The number of nitrogens with zero attached hydrogens (tertiary/aromatic N) is 3. The Morgan fingerprint density at radius 3 is 3.05 bits per heavy atom. The largest absolute Gasteiger partial charge is 0.361 e. The third kappa shape index (κ3) is 3.25. The number of hydrogen-bond acceptors (Lipinski definition) is 5. The van der Waals surface area contributed by atoms with E-state index in [2.05, 4.69) is 50.6 Å². The standard InChI is InChI=1S/C14H16N6S/c1-9(2)21-14-17-13(19-20-14)18-16-8-10-7-15-12-6-4-3-5-11(10)12/h3-9,15H,1-2H3,(H2,17,18,19,20)/b16-8+. The Kier molecular flexibility index (Phi) is 3.92. The predicted molar refractivity (Wildman–Crippen MR) is 86.9 cm³/mol. The zero-order chi connectivity index (χ0) is 14.7. The summed E-state index contributed by atoms with van der Waals surface area (Å²) in [6.07, 6.45) is 3.69. The van der Waals surface area contributed by atoms with Gasteiger partial charge in [0, 0.05) is 27.9 Å². The first-order chi connectivity index (χ1) is 10.2. The second kappa shape index (κ2) is 6.01. The Morgan fingerprint density at radius 1 is 1.33 bits per heavy atom. The Hall–Kier alpha value is -2.28. The number of fused-ring (bicyclic) bond motifs is 1. The van der Waals surface area contributed by atoms with E-state index in [1.807, 2.05) is 24.4 Å². The van der Waals surface area contributed by atoms with E-state index in [1.165, 1.54) is 0 Å². The second-order valence-electron chi connectivity index (χ2n) is 4.79. The predicted octanol–water partition coefficient (Wildman–Crippen LogP) is 3.23. The minimum absolute atomic E-state index is 0.448. The first-order valence-corrected chi connectivity index (χ1v) is 7.54. The summed E-state index contributed by atoms with van der Waals surface area (Å²) < 4.78 is 0. The van der Waals surface area contributed by atoms with E-state index in [4.69, 9.17) is 0 Å². The van der Waals surface area contributed by atoms with Gasteiger partial charge in [0.1, 0.15) is 0 Å². The average Bonchev–Trinajstić information content (AvgIpc) is 3.06. The van der Waals surface area contributed by atoms with Crippen molar-refractivity contribution in [1.82, 2.24) is 20.2 Å². The maximum Gasteiger partial charge on any atom is 0.240 e. The maximum absolute atomic E-state index is 4.30. The lowest BCUT2D eigenvalue weighted by molar-refractivity contribution is 0.961. The number of para-hydroxylation sites is 1. The van der Waals surface area contributed by atoms with Crippen LogP contribution in [-0.2, 0) is 0 Å². The van der Waals surface area contributed by atoms with E-state index >= 15 is 0 Å². The number of H-pyrrole nitrogens is 2. The molecule has 2 heterocycles. The third-order valence-corrected chi connectivity index (χ3v) is 3.67. The van der Waals surface area contributed by atoms with Crippen molar-refractivity contribution in [1.29, 1.82) is 0 Å². The number of nitrogens with one attached hydrogen (secondary N) is 3. The molecular weight excluding hydrogens is 284 g/mol. The number of aromatic amines is 2. The van der Waals surface area contributed by atoms with Crippen LogP contribution in [0.1, 0.15) is 19.4 Å². The second-order valence-corrected chi connectivity index (χ2v) is 6.34. The van der Waals surface area contributed by atoms with E-state index in [1.54, 1.807) is 18.0 Å². The van der Waals surface area contributed by atoms with Gasteiger partial charge < -0.3 is 4.98 Å². The van der Waals surface area contributed by atoms with Gasteiger partial charge in [-0.1, -0.05) is 43.8 Å². The molecular formula is C14H16N6S. The Morgan fingerprint density at radius 2 is 2.19 bits per heavy atom. The SMILES string of the molecule is CC(C)Sc1n[nH]c(N/N=C/c2c[nH]c3ccccc23)n1. The fourth-order valence-electron chi connectivity index (χ4n) is 1.92. The van der Waals surface area contributed by atoms with Crippen molar-refractivity contribution < 1.29 is 0 Å². The molecule has 0 aliphatic carbocycles. The van der Waals surface area contributed by atoms with Crippen LogP contribution in [0.15, 0.2) is 40.7 Å². The molecule has 3 N–H and O–H groups in total. The molecule has 0 atom stereocenters. The fraction of sp³-hybridized carbons (Fsp3) is 0.214. The van der Waals surface area contributed by atoms with Crippen molar-refractivity contribution in [3.63, 3.8) is 0 Å². The van der Waals surface area contributed by atoms with Crippen molar-refractivity contribution in [2.45, 2.75) is 24.3 Å². The van der Waals surface area contributed by atoms with Gasteiger partial charge in [0.25, 0.3) is 0 Å². The highest BCUT2D eigenvalue weighted by molar-refractivity contribution is 7.99. The zero-order valence-corrected chi connectivity index (χ0v) is 12.6. The van der Waals surface area contributed by atoms with Gasteiger partial charge in [-0.15, -0.1) is 5.10 Å². The highest BCUT2D eigenvalue weighted by Gasteiger charge is 2.05.